The number of anilines is 6. The Kier molecular flexibility index (Phi) is 6.10. The molecule has 0 saturated carbocycles. The quantitative estimate of drug-likeness (QED) is 0.215. The fourth-order valence-corrected chi connectivity index (χ4v) is 7.25. The van der Waals surface area contributed by atoms with Crippen LogP contribution < -0.4 is 9.80 Å². The number of hydrogen-bond donors (Lipinski definition) is 0. The van der Waals surface area contributed by atoms with Gasteiger partial charge in [-0.1, -0.05) is 97.0 Å². The lowest BCUT2D eigenvalue weighted by Crippen LogP contribution is -2.38. The van der Waals surface area contributed by atoms with E-state index in [0.717, 1.165) is 17.1 Å². The van der Waals surface area contributed by atoms with Crippen molar-refractivity contribution < 1.29 is 0 Å². The van der Waals surface area contributed by atoms with E-state index >= 15 is 0 Å². The van der Waals surface area contributed by atoms with Crippen LogP contribution in [0.4, 0.5) is 34.1 Å². The molecule has 0 N–H and O–H groups in total. The van der Waals surface area contributed by atoms with E-state index in [4.69, 9.17) is 0 Å². The third-order valence-corrected chi connectivity index (χ3v) is 9.82. The van der Waals surface area contributed by atoms with Crippen molar-refractivity contribution >= 4 is 34.1 Å². The molecule has 3 nitrogen and oxygen atoms in total. The third kappa shape index (κ3) is 4.09. The van der Waals surface area contributed by atoms with Gasteiger partial charge in [-0.2, -0.15) is 5.26 Å². The summed E-state index contributed by atoms with van der Waals surface area (Å²) in [4.78, 5) is 4.81. The van der Waals surface area contributed by atoms with Gasteiger partial charge in [-0.3, -0.25) is 0 Å². The standard InChI is InChI=1S/C41H39N3/c1-39(2,3)28-17-21-30(22-18-28)43(29-19-15-27(26-42)16-20-29)31-23-24-37-35(25-31)41(6,7)34-13-10-12-33-38(34)44(37)36-14-9-8-11-32(36)40(33,4)5/h8-25H,1-7H3. The van der Waals surface area contributed by atoms with E-state index in [1.54, 1.807) is 0 Å². The van der Waals surface area contributed by atoms with Gasteiger partial charge < -0.3 is 9.80 Å². The van der Waals surface area contributed by atoms with Gasteiger partial charge in [0.2, 0.25) is 0 Å². The Labute approximate surface area is 262 Å². The Morgan fingerprint density at radius 1 is 0.591 bits per heavy atom. The minimum atomic E-state index is -0.220. The molecule has 44 heavy (non-hydrogen) atoms. The number of fused-ring (bicyclic) bond motifs is 4. The van der Waals surface area contributed by atoms with Crippen LogP contribution in [-0.4, -0.2) is 0 Å². The van der Waals surface area contributed by atoms with Gasteiger partial charge in [-0.25, -0.2) is 0 Å². The summed E-state index contributed by atoms with van der Waals surface area (Å²) in [5.41, 5.74) is 14.1. The molecule has 5 aromatic rings. The van der Waals surface area contributed by atoms with Gasteiger partial charge >= 0.3 is 0 Å². The summed E-state index contributed by atoms with van der Waals surface area (Å²) >= 11 is 0. The largest absolute Gasteiger partial charge is 0.310 e. The van der Waals surface area contributed by atoms with E-state index in [1.165, 1.54) is 44.9 Å². The van der Waals surface area contributed by atoms with Crippen LogP contribution in [-0.2, 0) is 16.2 Å². The molecule has 0 aromatic heterocycles. The maximum atomic E-state index is 9.48. The van der Waals surface area contributed by atoms with Crippen LogP contribution in [0.3, 0.4) is 0 Å². The number of para-hydroxylation sites is 2. The lowest BCUT2D eigenvalue weighted by molar-refractivity contribution is 0.590. The lowest BCUT2D eigenvalue weighted by Gasteiger charge is -2.49. The zero-order chi connectivity index (χ0) is 31.0. The number of benzene rings is 5. The molecule has 0 atom stereocenters. The van der Waals surface area contributed by atoms with E-state index in [1.807, 2.05) is 24.3 Å². The van der Waals surface area contributed by atoms with E-state index in [2.05, 4.69) is 149 Å². The maximum Gasteiger partial charge on any atom is 0.0991 e. The van der Waals surface area contributed by atoms with Gasteiger partial charge in [-0.05, 0) is 93.9 Å². The minimum absolute atomic E-state index is 0.0686. The molecule has 0 amide bonds. The van der Waals surface area contributed by atoms with Crippen molar-refractivity contribution in [3.63, 3.8) is 0 Å². The summed E-state index contributed by atoms with van der Waals surface area (Å²) in [7, 11) is 0. The highest BCUT2D eigenvalue weighted by molar-refractivity contribution is 5.93. The van der Waals surface area contributed by atoms with Crippen LogP contribution in [0.1, 0.15) is 81.8 Å². The summed E-state index contributed by atoms with van der Waals surface area (Å²) < 4.78 is 0. The molecule has 5 aromatic carbocycles. The molecule has 2 heterocycles. The maximum absolute atomic E-state index is 9.48. The molecule has 0 aliphatic carbocycles. The van der Waals surface area contributed by atoms with Gasteiger partial charge in [0, 0.05) is 27.9 Å². The lowest BCUT2D eigenvalue weighted by atomic mass is 9.66. The second kappa shape index (κ2) is 9.60. The third-order valence-electron chi connectivity index (χ3n) is 9.82. The Morgan fingerprint density at radius 2 is 1.11 bits per heavy atom. The van der Waals surface area contributed by atoms with Gasteiger partial charge in [0.15, 0.2) is 0 Å². The predicted octanol–water partition coefficient (Wildman–Crippen LogP) is 11.1. The Balaban J connectivity index is 1.44. The first-order chi connectivity index (χ1) is 20.9. The van der Waals surface area contributed by atoms with Crippen molar-refractivity contribution in [1.29, 1.82) is 5.26 Å². The van der Waals surface area contributed by atoms with Gasteiger partial charge in [0.25, 0.3) is 0 Å². The summed E-state index contributed by atoms with van der Waals surface area (Å²) in [6, 6.07) is 41.7. The van der Waals surface area contributed by atoms with Crippen LogP contribution in [0.15, 0.2) is 109 Å². The number of rotatable bonds is 3. The second-order valence-corrected chi connectivity index (χ2v) is 14.3. The van der Waals surface area contributed by atoms with Crippen LogP contribution in [0.25, 0.3) is 0 Å². The summed E-state index contributed by atoms with van der Waals surface area (Å²) in [5, 5.41) is 9.48. The van der Waals surface area contributed by atoms with Gasteiger partial charge in [0.05, 0.1) is 28.7 Å². The van der Waals surface area contributed by atoms with Crippen molar-refractivity contribution in [1.82, 2.24) is 0 Å². The Hall–Kier alpha value is -4.81. The highest BCUT2D eigenvalue weighted by atomic mass is 15.2. The molecule has 0 radical (unpaired) electrons. The number of hydrogen-bond acceptors (Lipinski definition) is 3. The van der Waals surface area contributed by atoms with Gasteiger partial charge in [-0.15, -0.1) is 0 Å². The first-order valence-corrected chi connectivity index (χ1v) is 15.5. The molecule has 0 saturated heterocycles. The van der Waals surface area contributed by atoms with E-state index < -0.39 is 0 Å². The minimum Gasteiger partial charge on any atom is -0.310 e. The zero-order valence-corrected chi connectivity index (χ0v) is 26.7. The Morgan fingerprint density at radius 3 is 1.73 bits per heavy atom. The first-order valence-electron chi connectivity index (χ1n) is 15.5. The van der Waals surface area contributed by atoms with Crippen LogP contribution in [0, 0.1) is 11.3 Å². The van der Waals surface area contributed by atoms with Crippen LogP contribution in [0.2, 0.25) is 0 Å². The fourth-order valence-electron chi connectivity index (χ4n) is 7.25. The highest BCUT2D eigenvalue weighted by Crippen LogP contribution is 2.60. The molecular formula is C41H39N3. The van der Waals surface area contributed by atoms with Crippen LogP contribution in [0.5, 0.6) is 0 Å². The second-order valence-electron chi connectivity index (χ2n) is 14.3. The normalized spacial score (nSPS) is 15.5. The van der Waals surface area contributed by atoms with Crippen molar-refractivity contribution in [3.8, 4) is 6.07 Å². The summed E-state index contributed by atoms with van der Waals surface area (Å²) in [6.07, 6.45) is 0. The molecule has 2 aliphatic heterocycles. The Bertz CT molecular complexity index is 1950. The van der Waals surface area contributed by atoms with E-state index in [9.17, 15) is 5.26 Å². The molecule has 0 spiro atoms. The van der Waals surface area contributed by atoms with Gasteiger partial charge in [0.1, 0.15) is 0 Å². The highest BCUT2D eigenvalue weighted by Gasteiger charge is 2.45. The zero-order valence-electron chi connectivity index (χ0n) is 26.7. The SMILES string of the molecule is CC(C)(C)c1ccc(N(c2ccc(C#N)cc2)c2ccc3c(c2)C(C)(C)c2cccc4c2N3c2ccccc2C4(C)C)cc1. The molecular weight excluding hydrogens is 534 g/mol. The van der Waals surface area contributed by atoms with Crippen molar-refractivity contribution in [2.75, 3.05) is 9.80 Å². The summed E-state index contributed by atoms with van der Waals surface area (Å²) in [6.45, 7) is 16.2. The monoisotopic (exact) mass is 573 g/mol. The predicted molar refractivity (Wildman–Crippen MR) is 183 cm³/mol. The molecule has 218 valence electrons. The van der Waals surface area contributed by atoms with Crippen molar-refractivity contribution in [2.24, 2.45) is 0 Å². The van der Waals surface area contributed by atoms with Crippen LogP contribution >= 0.6 is 0 Å². The molecule has 7 rings (SSSR count). The molecule has 3 heteroatoms. The number of nitriles is 1. The smallest absolute Gasteiger partial charge is 0.0991 e. The molecule has 0 fully saturated rings. The summed E-state index contributed by atoms with van der Waals surface area (Å²) in [5.74, 6) is 0. The average Bonchev–Trinajstić information content (AvgIpc) is 3.01. The number of nitrogens with zero attached hydrogens (tertiary/aromatic N) is 3. The topological polar surface area (TPSA) is 30.3 Å². The van der Waals surface area contributed by atoms with Crippen molar-refractivity contribution in [3.05, 3.63) is 143 Å². The van der Waals surface area contributed by atoms with Crippen molar-refractivity contribution in [2.45, 2.75) is 64.7 Å². The van der Waals surface area contributed by atoms with E-state index in [-0.39, 0.29) is 16.2 Å². The van der Waals surface area contributed by atoms with E-state index in [0.29, 0.717) is 5.56 Å². The molecule has 2 aliphatic rings. The molecule has 0 unspecified atom stereocenters. The molecule has 0 bridgehead atoms. The fraction of sp³-hybridized carbons (Fsp3) is 0.244. The average molecular weight is 574 g/mol. The first kappa shape index (κ1) is 28.0.